The van der Waals surface area contributed by atoms with E-state index in [-0.39, 0.29) is 22.1 Å². The summed E-state index contributed by atoms with van der Waals surface area (Å²) in [5, 5.41) is 9.87. The Labute approximate surface area is 178 Å². The number of hydrogen-bond donors (Lipinski definition) is 3. The average molecular weight is 438 g/mol. The summed E-state index contributed by atoms with van der Waals surface area (Å²) < 4.78 is 33.4. The van der Waals surface area contributed by atoms with Crippen molar-refractivity contribution in [3.63, 3.8) is 0 Å². The second-order valence-corrected chi connectivity index (χ2v) is 9.96. The van der Waals surface area contributed by atoms with Crippen molar-refractivity contribution in [3.8, 4) is 5.75 Å². The molecule has 0 bridgehead atoms. The highest BCUT2D eigenvalue weighted by Crippen LogP contribution is 2.26. The van der Waals surface area contributed by atoms with Crippen molar-refractivity contribution in [2.75, 3.05) is 7.11 Å². The molecule has 3 N–H and O–H groups in total. The standard InChI is InChI=1S/C20H31N5O4S/c1-8-12(2)17-22-18(24-23-17)13(3)21-19(26)14-9-10-15(29-7)16(11-14)30(27,28)25-20(4,5)6/h9-13,25H,8H2,1-7H3,(H,21,26)(H,22,23,24)/t12-,13-/m0/s1. The second-order valence-electron chi connectivity index (χ2n) is 8.30. The maximum atomic E-state index is 12.8. The predicted octanol–water partition coefficient (Wildman–Crippen LogP) is 2.89. The molecular weight excluding hydrogens is 406 g/mol. The van der Waals surface area contributed by atoms with Crippen molar-refractivity contribution in [2.45, 2.75) is 70.4 Å². The van der Waals surface area contributed by atoms with E-state index in [2.05, 4.69) is 32.1 Å². The first-order chi connectivity index (χ1) is 13.9. The maximum absolute atomic E-state index is 12.8. The normalized spacial score (nSPS) is 14.2. The Bertz CT molecular complexity index is 995. The lowest BCUT2D eigenvalue weighted by Gasteiger charge is -2.21. The fourth-order valence-electron chi connectivity index (χ4n) is 2.72. The molecule has 0 saturated carbocycles. The van der Waals surface area contributed by atoms with Crippen LogP contribution >= 0.6 is 0 Å². The minimum Gasteiger partial charge on any atom is -0.495 e. The third-order valence-electron chi connectivity index (χ3n) is 4.49. The third kappa shape index (κ3) is 5.79. The number of carbonyl (C=O) groups is 1. The minimum atomic E-state index is -3.89. The number of hydrogen-bond acceptors (Lipinski definition) is 6. The Morgan fingerprint density at radius 2 is 1.93 bits per heavy atom. The number of carbonyl (C=O) groups excluding carboxylic acids is 1. The van der Waals surface area contributed by atoms with E-state index in [1.807, 2.05) is 6.92 Å². The van der Waals surface area contributed by atoms with E-state index < -0.39 is 27.5 Å². The van der Waals surface area contributed by atoms with Gasteiger partial charge in [0.1, 0.15) is 16.5 Å². The molecule has 1 amide bonds. The molecule has 2 atom stereocenters. The van der Waals surface area contributed by atoms with Gasteiger partial charge >= 0.3 is 0 Å². The van der Waals surface area contributed by atoms with Crippen LogP contribution in [0.25, 0.3) is 0 Å². The number of methoxy groups -OCH3 is 1. The number of amides is 1. The number of rotatable bonds is 8. The summed E-state index contributed by atoms with van der Waals surface area (Å²) in [5.74, 6) is 1.17. The van der Waals surface area contributed by atoms with Gasteiger partial charge in [-0.3, -0.25) is 9.89 Å². The van der Waals surface area contributed by atoms with Gasteiger partial charge in [-0.1, -0.05) is 13.8 Å². The van der Waals surface area contributed by atoms with Crippen molar-refractivity contribution in [2.24, 2.45) is 0 Å². The molecule has 166 valence electrons. The van der Waals surface area contributed by atoms with E-state index in [4.69, 9.17) is 4.74 Å². The largest absolute Gasteiger partial charge is 0.495 e. The van der Waals surface area contributed by atoms with Gasteiger partial charge in [-0.25, -0.2) is 18.1 Å². The molecule has 30 heavy (non-hydrogen) atoms. The Morgan fingerprint density at radius 3 is 2.50 bits per heavy atom. The SMILES string of the molecule is CC[C@H](C)c1n[nH]c([C@H](C)NC(=O)c2ccc(OC)c(S(=O)(=O)NC(C)(C)C)c2)n1. The molecule has 0 aliphatic carbocycles. The minimum absolute atomic E-state index is 0.0982. The zero-order chi connectivity index (χ0) is 22.7. The van der Waals surface area contributed by atoms with Crippen molar-refractivity contribution >= 4 is 15.9 Å². The number of benzene rings is 1. The van der Waals surface area contributed by atoms with Gasteiger partial charge in [0, 0.05) is 17.0 Å². The van der Waals surface area contributed by atoms with E-state index in [1.54, 1.807) is 27.7 Å². The highest BCUT2D eigenvalue weighted by Gasteiger charge is 2.27. The number of sulfonamides is 1. The number of nitrogens with zero attached hydrogens (tertiary/aromatic N) is 2. The zero-order valence-corrected chi connectivity index (χ0v) is 19.3. The Morgan fingerprint density at radius 1 is 1.27 bits per heavy atom. The molecule has 2 rings (SSSR count). The molecule has 2 aromatic rings. The second kappa shape index (κ2) is 9.13. The quantitative estimate of drug-likeness (QED) is 0.583. The van der Waals surface area contributed by atoms with Gasteiger partial charge in [-0.15, -0.1) is 0 Å². The molecule has 0 fully saturated rings. The summed E-state index contributed by atoms with van der Waals surface area (Å²) in [5.41, 5.74) is -0.491. The summed E-state index contributed by atoms with van der Waals surface area (Å²) in [6, 6.07) is 3.85. The van der Waals surface area contributed by atoms with Crippen LogP contribution in [0.5, 0.6) is 5.75 Å². The van der Waals surface area contributed by atoms with Gasteiger partial charge < -0.3 is 10.1 Å². The van der Waals surface area contributed by atoms with Crippen LogP contribution in [0.4, 0.5) is 0 Å². The number of aromatic nitrogens is 3. The summed E-state index contributed by atoms with van der Waals surface area (Å²) in [6.07, 6.45) is 0.906. The highest BCUT2D eigenvalue weighted by atomic mass is 32.2. The number of H-pyrrole nitrogens is 1. The number of ether oxygens (including phenoxy) is 1. The summed E-state index contributed by atoms with van der Waals surface area (Å²) in [6.45, 7) is 11.1. The third-order valence-corrected chi connectivity index (χ3v) is 6.27. The van der Waals surface area contributed by atoms with Crippen LogP contribution in [0.15, 0.2) is 23.1 Å². The van der Waals surface area contributed by atoms with Crippen LogP contribution in [0.2, 0.25) is 0 Å². The Kier molecular flexibility index (Phi) is 7.25. The lowest BCUT2D eigenvalue weighted by Crippen LogP contribution is -2.40. The molecule has 0 spiro atoms. The van der Waals surface area contributed by atoms with E-state index in [0.717, 1.165) is 6.42 Å². The fraction of sp³-hybridized carbons (Fsp3) is 0.550. The van der Waals surface area contributed by atoms with E-state index in [0.29, 0.717) is 11.6 Å². The van der Waals surface area contributed by atoms with Crippen LogP contribution in [-0.4, -0.2) is 42.2 Å². The zero-order valence-electron chi connectivity index (χ0n) is 18.5. The molecule has 0 unspecified atom stereocenters. The average Bonchev–Trinajstić information content (AvgIpc) is 3.15. The molecule has 0 radical (unpaired) electrons. The van der Waals surface area contributed by atoms with Crippen LogP contribution in [-0.2, 0) is 10.0 Å². The Hall–Kier alpha value is -2.46. The monoisotopic (exact) mass is 437 g/mol. The van der Waals surface area contributed by atoms with E-state index >= 15 is 0 Å². The lowest BCUT2D eigenvalue weighted by molar-refractivity contribution is 0.0938. The topological polar surface area (TPSA) is 126 Å². The van der Waals surface area contributed by atoms with Gasteiger partial charge in [-0.2, -0.15) is 5.10 Å². The molecule has 0 aliphatic heterocycles. The molecule has 1 heterocycles. The molecule has 0 saturated heterocycles. The van der Waals surface area contributed by atoms with Crippen LogP contribution in [0, 0.1) is 0 Å². The summed E-state index contributed by atoms with van der Waals surface area (Å²) in [4.78, 5) is 17.1. The summed E-state index contributed by atoms with van der Waals surface area (Å²) in [7, 11) is -2.51. The van der Waals surface area contributed by atoms with Crippen LogP contribution in [0.1, 0.15) is 81.9 Å². The molecule has 1 aromatic carbocycles. The highest BCUT2D eigenvalue weighted by molar-refractivity contribution is 7.89. The predicted molar refractivity (Wildman–Crippen MR) is 114 cm³/mol. The first-order valence-electron chi connectivity index (χ1n) is 9.83. The van der Waals surface area contributed by atoms with Gasteiger partial charge in [-0.05, 0) is 52.3 Å². The summed E-state index contributed by atoms with van der Waals surface area (Å²) >= 11 is 0. The van der Waals surface area contributed by atoms with Gasteiger partial charge in [0.05, 0.1) is 13.2 Å². The molecule has 0 aliphatic rings. The molecule has 1 aromatic heterocycles. The first kappa shape index (κ1) is 23.8. The maximum Gasteiger partial charge on any atom is 0.251 e. The molecule has 10 heteroatoms. The molecule has 9 nitrogen and oxygen atoms in total. The number of aromatic amines is 1. The lowest BCUT2D eigenvalue weighted by atomic mass is 10.1. The van der Waals surface area contributed by atoms with Crippen molar-refractivity contribution in [1.29, 1.82) is 0 Å². The fourth-order valence-corrected chi connectivity index (χ4v) is 4.33. The van der Waals surface area contributed by atoms with Crippen molar-refractivity contribution in [3.05, 3.63) is 35.4 Å². The van der Waals surface area contributed by atoms with Gasteiger partial charge in [0.15, 0.2) is 5.82 Å². The van der Waals surface area contributed by atoms with Crippen molar-refractivity contribution < 1.29 is 17.9 Å². The Balaban J connectivity index is 2.27. The van der Waals surface area contributed by atoms with E-state index in [9.17, 15) is 13.2 Å². The van der Waals surface area contributed by atoms with Gasteiger partial charge in [0.25, 0.3) is 5.91 Å². The first-order valence-corrected chi connectivity index (χ1v) is 11.3. The van der Waals surface area contributed by atoms with Gasteiger partial charge in [0.2, 0.25) is 10.0 Å². The smallest absolute Gasteiger partial charge is 0.251 e. The van der Waals surface area contributed by atoms with Crippen LogP contribution < -0.4 is 14.8 Å². The van der Waals surface area contributed by atoms with Crippen molar-refractivity contribution in [1.82, 2.24) is 25.2 Å². The molecular formula is C20H31N5O4S. The number of nitrogens with one attached hydrogen (secondary N) is 3. The van der Waals surface area contributed by atoms with Crippen LogP contribution in [0.3, 0.4) is 0 Å². The van der Waals surface area contributed by atoms with E-state index in [1.165, 1.54) is 25.3 Å².